The smallest absolute Gasteiger partial charge is 0.0251 e. The Morgan fingerprint density at radius 1 is 1.16 bits per heavy atom. The lowest BCUT2D eigenvalue weighted by Gasteiger charge is -2.45. The van der Waals surface area contributed by atoms with Gasteiger partial charge in [-0.3, -0.25) is 0 Å². The summed E-state index contributed by atoms with van der Waals surface area (Å²) in [4.78, 5) is 4.85. The van der Waals surface area contributed by atoms with Gasteiger partial charge in [-0.1, -0.05) is 20.8 Å². The Hall–Kier alpha value is -0.120. The molecule has 2 atom stereocenters. The zero-order chi connectivity index (χ0) is 14.5. The fourth-order valence-electron chi connectivity index (χ4n) is 3.10. The van der Waals surface area contributed by atoms with Crippen molar-refractivity contribution >= 4 is 0 Å². The molecule has 0 amide bonds. The Bertz CT molecular complexity index is 250. The SMILES string of the molecule is CCCNC1CCC(C)(C)CC1N(C)CCN(C)C. The molecule has 1 aliphatic carbocycles. The van der Waals surface area contributed by atoms with Gasteiger partial charge in [0.05, 0.1) is 0 Å². The van der Waals surface area contributed by atoms with Crippen LogP contribution in [0.1, 0.15) is 46.5 Å². The highest BCUT2D eigenvalue weighted by atomic mass is 15.2. The van der Waals surface area contributed by atoms with Crippen molar-refractivity contribution in [2.75, 3.05) is 40.8 Å². The van der Waals surface area contributed by atoms with Crippen LogP contribution in [-0.2, 0) is 0 Å². The molecular weight excluding hydrogens is 234 g/mol. The average molecular weight is 269 g/mol. The Kier molecular flexibility index (Phi) is 6.78. The van der Waals surface area contributed by atoms with Crippen molar-refractivity contribution in [1.29, 1.82) is 0 Å². The monoisotopic (exact) mass is 269 g/mol. The maximum absolute atomic E-state index is 3.77. The van der Waals surface area contributed by atoms with Gasteiger partial charge in [0.25, 0.3) is 0 Å². The van der Waals surface area contributed by atoms with E-state index < -0.39 is 0 Å². The topological polar surface area (TPSA) is 18.5 Å². The summed E-state index contributed by atoms with van der Waals surface area (Å²) in [5.74, 6) is 0. The summed E-state index contributed by atoms with van der Waals surface area (Å²) in [5, 5.41) is 3.77. The van der Waals surface area contributed by atoms with E-state index in [-0.39, 0.29) is 0 Å². The maximum Gasteiger partial charge on any atom is 0.0251 e. The minimum absolute atomic E-state index is 0.501. The van der Waals surface area contributed by atoms with Crippen LogP contribution in [0.3, 0.4) is 0 Å². The zero-order valence-corrected chi connectivity index (χ0v) is 14.0. The van der Waals surface area contributed by atoms with Gasteiger partial charge in [-0.2, -0.15) is 0 Å². The van der Waals surface area contributed by atoms with Gasteiger partial charge in [-0.15, -0.1) is 0 Å². The molecule has 0 heterocycles. The van der Waals surface area contributed by atoms with E-state index in [1.807, 2.05) is 0 Å². The number of likely N-dealkylation sites (N-methyl/N-ethyl adjacent to an activating group) is 2. The molecule has 3 heteroatoms. The van der Waals surface area contributed by atoms with Gasteiger partial charge in [0.2, 0.25) is 0 Å². The van der Waals surface area contributed by atoms with Gasteiger partial charge in [-0.05, 0) is 58.8 Å². The second kappa shape index (κ2) is 7.61. The van der Waals surface area contributed by atoms with Crippen molar-refractivity contribution in [3.63, 3.8) is 0 Å². The first-order valence-electron chi connectivity index (χ1n) is 7.94. The summed E-state index contributed by atoms with van der Waals surface area (Å²) in [5.41, 5.74) is 0.501. The highest BCUT2D eigenvalue weighted by Crippen LogP contribution is 2.37. The van der Waals surface area contributed by atoms with Crippen LogP contribution in [0, 0.1) is 5.41 Å². The fourth-order valence-corrected chi connectivity index (χ4v) is 3.10. The number of rotatable bonds is 7. The highest BCUT2D eigenvalue weighted by Gasteiger charge is 2.36. The molecule has 1 saturated carbocycles. The molecule has 1 fully saturated rings. The largest absolute Gasteiger partial charge is 0.312 e. The van der Waals surface area contributed by atoms with Crippen LogP contribution in [0.25, 0.3) is 0 Å². The molecule has 0 aromatic carbocycles. The van der Waals surface area contributed by atoms with E-state index in [0.717, 1.165) is 19.6 Å². The number of hydrogen-bond acceptors (Lipinski definition) is 3. The lowest BCUT2D eigenvalue weighted by atomic mass is 9.72. The van der Waals surface area contributed by atoms with E-state index in [1.165, 1.54) is 25.7 Å². The van der Waals surface area contributed by atoms with Gasteiger partial charge in [0.1, 0.15) is 0 Å². The van der Waals surface area contributed by atoms with Gasteiger partial charge >= 0.3 is 0 Å². The summed E-state index contributed by atoms with van der Waals surface area (Å²) < 4.78 is 0. The molecule has 1 rings (SSSR count). The average Bonchev–Trinajstić information content (AvgIpc) is 2.33. The van der Waals surface area contributed by atoms with Crippen molar-refractivity contribution in [3.8, 4) is 0 Å². The Balaban J connectivity index is 2.59. The molecule has 1 N–H and O–H groups in total. The van der Waals surface area contributed by atoms with E-state index in [1.54, 1.807) is 0 Å². The van der Waals surface area contributed by atoms with Crippen molar-refractivity contribution in [3.05, 3.63) is 0 Å². The number of nitrogens with one attached hydrogen (secondary N) is 1. The van der Waals surface area contributed by atoms with Crippen LogP contribution in [0.5, 0.6) is 0 Å². The van der Waals surface area contributed by atoms with E-state index in [4.69, 9.17) is 0 Å². The van der Waals surface area contributed by atoms with Crippen LogP contribution in [0.15, 0.2) is 0 Å². The predicted molar refractivity (Wildman–Crippen MR) is 84.7 cm³/mol. The van der Waals surface area contributed by atoms with Crippen molar-refractivity contribution < 1.29 is 0 Å². The molecule has 0 saturated heterocycles. The van der Waals surface area contributed by atoms with E-state index in [0.29, 0.717) is 17.5 Å². The van der Waals surface area contributed by atoms with Gasteiger partial charge in [0.15, 0.2) is 0 Å². The Morgan fingerprint density at radius 3 is 2.42 bits per heavy atom. The van der Waals surface area contributed by atoms with Crippen LogP contribution in [0.2, 0.25) is 0 Å². The first-order valence-corrected chi connectivity index (χ1v) is 7.94. The van der Waals surface area contributed by atoms with Gasteiger partial charge in [-0.25, -0.2) is 0 Å². The van der Waals surface area contributed by atoms with Gasteiger partial charge in [0, 0.05) is 25.2 Å². The molecular formula is C16H35N3. The normalized spacial score (nSPS) is 27.2. The fraction of sp³-hybridized carbons (Fsp3) is 1.00. The van der Waals surface area contributed by atoms with Crippen molar-refractivity contribution in [1.82, 2.24) is 15.1 Å². The zero-order valence-electron chi connectivity index (χ0n) is 14.0. The standard InChI is InChI=1S/C16H35N3/c1-7-10-17-14-8-9-16(2,3)13-15(14)19(6)12-11-18(4)5/h14-15,17H,7-13H2,1-6H3. The van der Waals surface area contributed by atoms with Crippen molar-refractivity contribution in [2.24, 2.45) is 5.41 Å². The molecule has 1 aliphatic rings. The molecule has 0 bridgehead atoms. The van der Waals surface area contributed by atoms with E-state index >= 15 is 0 Å². The molecule has 0 aliphatic heterocycles. The van der Waals surface area contributed by atoms with E-state index in [9.17, 15) is 0 Å². The first kappa shape index (κ1) is 16.9. The lowest BCUT2D eigenvalue weighted by Crippen LogP contribution is -2.54. The molecule has 0 spiro atoms. The Morgan fingerprint density at radius 2 is 1.84 bits per heavy atom. The van der Waals surface area contributed by atoms with Gasteiger partial charge < -0.3 is 15.1 Å². The molecule has 0 aromatic rings. The number of hydrogen-bond donors (Lipinski definition) is 1. The molecule has 19 heavy (non-hydrogen) atoms. The van der Waals surface area contributed by atoms with Crippen LogP contribution >= 0.6 is 0 Å². The van der Waals surface area contributed by atoms with Crippen LogP contribution in [-0.4, -0.2) is 62.7 Å². The minimum Gasteiger partial charge on any atom is -0.312 e. The molecule has 0 aromatic heterocycles. The second-order valence-corrected chi connectivity index (χ2v) is 7.32. The Labute approximate surface area is 120 Å². The molecule has 3 nitrogen and oxygen atoms in total. The lowest BCUT2D eigenvalue weighted by molar-refractivity contribution is 0.0779. The summed E-state index contributed by atoms with van der Waals surface area (Å²) in [7, 11) is 6.62. The van der Waals surface area contributed by atoms with Crippen LogP contribution < -0.4 is 5.32 Å². The first-order chi connectivity index (χ1) is 8.85. The van der Waals surface area contributed by atoms with E-state index in [2.05, 4.69) is 57.0 Å². The quantitative estimate of drug-likeness (QED) is 0.766. The third kappa shape index (κ3) is 5.80. The van der Waals surface area contributed by atoms with Crippen LogP contribution in [0.4, 0.5) is 0 Å². The second-order valence-electron chi connectivity index (χ2n) is 7.32. The predicted octanol–water partition coefficient (Wildman–Crippen LogP) is 2.43. The highest BCUT2D eigenvalue weighted by molar-refractivity contribution is 4.93. The molecule has 2 unspecified atom stereocenters. The van der Waals surface area contributed by atoms with Crippen molar-refractivity contribution in [2.45, 2.75) is 58.5 Å². The summed E-state index contributed by atoms with van der Waals surface area (Å²) in [6, 6.07) is 1.37. The summed E-state index contributed by atoms with van der Waals surface area (Å²) in [6.07, 6.45) is 5.22. The molecule has 0 radical (unpaired) electrons. The molecule has 114 valence electrons. The number of nitrogens with zero attached hydrogens (tertiary/aromatic N) is 2. The summed E-state index contributed by atoms with van der Waals surface area (Å²) in [6.45, 7) is 10.6. The third-order valence-corrected chi connectivity index (χ3v) is 4.48. The third-order valence-electron chi connectivity index (χ3n) is 4.48. The maximum atomic E-state index is 3.77. The summed E-state index contributed by atoms with van der Waals surface area (Å²) >= 11 is 0. The minimum atomic E-state index is 0.501.